The van der Waals surface area contributed by atoms with Crippen LogP contribution >= 0.6 is 0 Å². The number of hydrogen-bond acceptors (Lipinski definition) is 4. The molecule has 3 atom stereocenters. The van der Waals surface area contributed by atoms with Crippen molar-refractivity contribution in [2.75, 3.05) is 7.11 Å². The Balaban J connectivity index is 0.00000109. The first-order valence-electron chi connectivity index (χ1n) is 9.23. The highest BCUT2D eigenvalue weighted by Gasteiger charge is 2.59. The van der Waals surface area contributed by atoms with Crippen LogP contribution in [0, 0.1) is 5.92 Å². The van der Waals surface area contributed by atoms with Gasteiger partial charge in [-0.05, 0) is 42.5 Å². The maximum absolute atomic E-state index is 12.2. The van der Waals surface area contributed by atoms with Crippen molar-refractivity contribution in [1.82, 2.24) is 0 Å². The van der Waals surface area contributed by atoms with Crippen LogP contribution in [0.1, 0.15) is 58.1 Å². The normalized spacial score (nSPS) is 30.0. The average Bonchev–Trinajstić information content (AvgIpc) is 2.59. The molecule has 2 aliphatic carbocycles. The fraction of sp³-hybridized carbons (Fsp3) is 0.571. The van der Waals surface area contributed by atoms with Gasteiger partial charge in [-0.3, -0.25) is 4.79 Å². The third-order valence-corrected chi connectivity index (χ3v) is 5.65. The monoisotopic (exact) mass is 346 g/mol. The van der Waals surface area contributed by atoms with Crippen molar-refractivity contribution in [3.8, 4) is 11.5 Å². The largest absolute Gasteiger partial charge is 0.504 e. The minimum Gasteiger partial charge on any atom is -0.504 e. The number of hydrogen-bond donors (Lipinski definition) is 2. The van der Waals surface area contributed by atoms with Gasteiger partial charge in [0.2, 0.25) is 0 Å². The molecule has 4 heteroatoms. The lowest BCUT2D eigenvalue weighted by molar-refractivity contribution is -0.124. The van der Waals surface area contributed by atoms with Crippen molar-refractivity contribution in [2.45, 2.75) is 64.4 Å². The van der Waals surface area contributed by atoms with E-state index in [9.17, 15) is 15.0 Å². The second-order valence-electron chi connectivity index (χ2n) is 6.89. The van der Waals surface area contributed by atoms with E-state index in [4.69, 9.17) is 4.74 Å². The van der Waals surface area contributed by atoms with E-state index >= 15 is 0 Å². The van der Waals surface area contributed by atoms with Crippen molar-refractivity contribution in [3.63, 3.8) is 0 Å². The summed E-state index contributed by atoms with van der Waals surface area (Å²) in [5.74, 6) is 0.411. The number of ether oxygens (including phenoxy) is 1. The smallest absolute Gasteiger partial charge is 0.161 e. The molecule has 3 unspecified atom stereocenters. The zero-order chi connectivity index (χ0) is 18.8. The molecule has 0 heterocycles. The summed E-state index contributed by atoms with van der Waals surface area (Å²) < 4.78 is 5.27. The number of ketones is 1. The molecule has 25 heavy (non-hydrogen) atoms. The van der Waals surface area contributed by atoms with Crippen LogP contribution in [0.2, 0.25) is 0 Å². The van der Waals surface area contributed by atoms with E-state index in [-0.39, 0.29) is 23.9 Å². The van der Waals surface area contributed by atoms with E-state index in [1.807, 2.05) is 33.8 Å². The highest BCUT2D eigenvalue weighted by atomic mass is 16.5. The molecule has 0 radical (unpaired) electrons. The van der Waals surface area contributed by atoms with Gasteiger partial charge < -0.3 is 14.9 Å². The standard InChI is InChI=1S/C19H24O4.C2H6/c1-4-8-18-11-14(20)7-9-19(18,22)12(2)10-13-5-6-15(23-3)17(21)16(13)18;1-2/h5-7,9,12,21-22H,4,8,10-11H2,1-3H3;1-2H3. The highest BCUT2D eigenvalue weighted by molar-refractivity contribution is 5.93. The van der Waals surface area contributed by atoms with E-state index in [1.165, 1.54) is 13.2 Å². The van der Waals surface area contributed by atoms with E-state index in [0.29, 0.717) is 24.2 Å². The molecule has 3 rings (SSSR count). The molecule has 0 spiro atoms. The number of rotatable bonds is 3. The van der Waals surface area contributed by atoms with Gasteiger partial charge >= 0.3 is 0 Å². The lowest BCUT2D eigenvalue weighted by Crippen LogP contribution is -2.60. The molecule has 1 aromatic carbocycles. The van der Waals surface area contributed by atoms with Crippen LogP contribution in [0.5, 0.6) is 11.5 Å². The van der Waals surface area contributed by atoms with Gasteiger partial charge in [-0.1, -0.05) is 40.2 Å². The zero-order valence-corrected chi connectivity index (χ0v) is 15.9. The number of fused-ring (bicyclic) bond motifs is 3. The zero-order valence-electron chi connectivity index (χ0n) is 15.9. The number of aromatic hydroxyl groups is 1. The third-order valence-electron chi connectivity index (χ3n) is 5.65. The van der Waals surface area contributed by atoms with Gasteiger partial charge in [-0.2, -0.15) is 0 Å². The van der Waals surface area contributed by atoms with Crippen molar-refractivity contribution in [2.24, 2.45) is 5.92 Å². The van der Waals surface area contributed by atoms with Crippen LogP contribution < -0.4 is 4.74 Å². The number of carbonyl (C=O) groups is 1. The number of benzene rings is 1. The average molecular weight is 346 g/mol. The maximum atomic E-state index is 12.2. The fourth-order valence-corrected chi connectivity index (χ4v) is 4.61. The molecule has 0 amide bonds. The predicted octanol–water partition coefficient (Wildman–Crippen LogP) is 3.92. The molecule has 4 nitrogen and oxygen atoms in total. The Labute approximate surface area is 150 Å². The number of aliphatic hydroxyl groups is 1. The summed E-state index contributed by atoms with van der Waals surface area (Å²) in [5.41, 5.74) is -0.235. The van der Waals surface area contributed by atoms with Crippen LogP contribution in [0.3, 0.4) is 0 Å². The quantitative estimate of drug-likeness (QED) is 0.870. The van der Waals surface area contributed by atoms with Gasteiger partial charge in [0.15, 0.2) is 17.3 Å². The third kappa shape index (κ3) is 2.77. The number of phenols is 1. The van der Waals surface area contributed by atoms with E-state index in [2.05, 4.69) is 0 Å². The molecule has 2 aliphatic rings. The predicted molar refractivity (Wildman–Crippen MR) is 99.2 cm³/mol. The fourth-order valence-electron chi connectivity index (χ4n) is 4.61. The summed E-state index contributed by atoms with van der Waals surface area (Å²) in [4.78, 5) is 12.2. The second kappa shape index (κ2) is 7.20. The first kappa shape index (κ1) is 19.5. The Morgan fingerprint density at radius 1 is 1.32 bits per heavy atom. The number of carbonyl (C=O) groups excluding carboxylic acids is 1. The minimum absolute atomic E-state index is 0.00889. The van der Waals surface area contributed by atoms with Crippen molar-refractivity contribution < 1.29 is 19.7 Å². The van der Waals surface area contributed by atoms with Gasteiger partial charge in [0.1, 0.15) is 0 Å². The lowest BCUT2D eigenvalue weighted by atomic mass is 9.51. The van der Waals surface area contributed by atoms with Crippen LogP contribution in [-0.2, 0) is 16.6 Å². The Morgan fingerprint density at radius 3 is 2.60 bits per heavy atom. The number of phenolic OH excluding ortho intramolecular Hbond substituents is 1. The second-order valence-corrected chi connectivity index (χ2v) is 6.89. The van der Waals surface area contributed by atoms with Crippen LogP contribution in [0.4, 0.5) is 0 Å². The van der Waals surface area contributed by atoms with Gasteiger partial charge in [-0.15, -0.1) is 0 Å². The molecular formula is C21H30O4. The Kier molecular flexibility index (Phi) is 5.62. The summed E-state index contributed by atoms with van der Waals surface area (Å²) in [7, 11) is 1.51. The van der Waals surface area contributed by atoms with E-state index in [1.54, 1.807) is 12.1 Å². The van der Waals surface area contributed by atoms with Gasteiger partial charge in [-0.25, -0.2) is 0 Å². The van der Waals surface area contributed by atoms with Gasteiger partial charge in [0, 0.05) is 17.4 Å². The summed E-state index contributed by atoms with van der Waals surface area (Å²) in [6.07, 6.45) is 5.47. The Hall–Kier alpha value is -1.81. The molecule has 2 N–H and O–H groups in total. The molecule has 0 fully saturated rings. The molecule has 0 saturated carbocycles. The van der Waals surface area contributed by atoms with E-state index < -0.39 is 11.0 Å². The van der Waals surface area contributed by atoms with Crippen LogP contribution in [0.15, 0.2) is 24.3 Å². The minimum atomic E-state index is -1.13. The topological polar surface area (TPSA) is 66.8 Å². The molecule has 0 bridgehead atoms. The first-order chi connectivity index (χ1) is 11.9. The van der Waals surface area contributed by atoms with Crippen molar-refractivity contribution >= 4 is 5.78 Å². The summed E-state index contributed by atoms with van der Waals surface area (Å²) in [6, 6.07) is 3.70. The molecule has 0 aliphatic heterocycles. The number of methoxy groups -OCH3 is 1. The first-order valence-corrected chi connectivity index (χ1v) is 9.23. The lowest BCUT2D eigenvalue weighted by Gasteiger charge is -2.55. The summed E-state index contributed by atoms with van der Waals surface area (Å²) in [5, 5.41) is 22.3. The highest BCUT2D eigenvalue weighted by Crippen LogP contribution is 2.58. The van der Waals surface area contributed by atoms with E-state index in [0.717, 1.165) is 12.0 Å². The molecule has 0 aromatic heterocycles. The molecule has 1 aromatic rings. The SMILES string of the molecule is CC.CCCC12CC(=O)C=CC1(O)C(C)Cc1ccc(OC)c(O)c12. The van der Waals surface area contributed by atoms with Crippen molar-refractivity contribution in [1.29, 1.82) is 0 Å². The number of allylic oxidation sites excluding steroid dienone is 1. The maximum Gasteiger partial charge on any atom is 0.161 e. The summed E-state index contributed by atoms with van der Waals surface area (Å²) in [6.45, 7) is 8.04. The van der Waals surface area contributed by atoms with Crippen LogP contribution in [-0.4, -0.2) is 28.7 Å². The van der Waals surface area contributed by atoms with Gasteiger partial charge in [0.05, 0.1) is 12.7 Å². The molecule has 0 saturated heterocycles. The molecule has 138 valence electrons. The van der Waals surface area contributed by atoms with Crippen molar-refractivity contribution in [3.05, 3.63) is 35.4 Å². The van der Waals surface area contributed by atoms with Crippen LogP contribution in [0.25, 0.3) is 0 Å². The van der Waals surface area contributed by atoms with Gasteiger partial charge in [0.25, 0.3) is 0 Å². The molecular weight excluding hydrogens is 316 g/mol. The summed E-state index contributed by atoms with van der Waals surface area (Å²) >= 11 is 0. The Bertz CT molecular complexity index is 679. The Morgan fingerprint density at radius 2 is 2.00 bits per heavy atom.